The molecule has 1 saturated carbocycles. The van der Waals surface area contributed by atoms with E-state index in [0.29, 0.717) is 18.3 Å². The molecule has 1 aliphatic carbocycles. The third-order valence-electron chi connectivity index (χ3n) is 4.25. The Morgan fingerprint density at radius 1 is 1.29 bits per heavy atom. The highest BCUT2D eigenvalue weighted by Crippen LogP contribution is 2.25. The van der Waals surface area contributed by atoms with Crippen LogP contribution in [0.15, 0.2) is 18.2 Å². The van der Waals surface area contributed by atoms with E-state index >= 15 is 0 Å². The lowest BCUT2D eigenvalue weighted by molar-refractivity contribution is -0.385. The maximum Gasteiger partial charge on any atom is 0.273 e. The van der Waals surface area contributed by atoms with E-state index in [9.17, 15) is 10.1 Å². The summed E-state index contributed by atoms with van der Waals surface area (Å²) in [5, 5.41) is 14.5. The Kier molecular flexibility index (Phi) is 5.56. The van der Waals surface area contributed by atoms with Crippen molar-refractivity contribution in [3.8, 4) is 5.75 Å². The molecule has 0 heterocycles. The van der Waals surface area contributed by atoms with Gasteiger partial charge in [0.15, 0.2) is 0 Å². The van der Waals surface area contributed by atoms with E-state index < -0.39 is 0 Å². The molecule has 1 aromatic carbocycles. The van der Waals surface area contributed by atoms with Crippen molar-refractivity contribution >= 4 is 5.69 Å². The average Bonchev–Trinajstić information content (AvgIpc) is 2.69. The Morgan fingerprint density at radius 2 is 2.10 bits per heavy atom. The quantitative estimate of drug-likeness (QED) is 0.511. The van der Waals surface area contributed by atoms with Gasteiger partial charge in [-0.05, 0) is 36.8 Å². The standard InChI is InChI=1S/C16H24N2O3/c1-12-4-3-5-14(7-6-12)17-11-13-8-15(18(19)20)10-16(9-13)21-2/h8-10,12,14,17H,3-7,11H2,1-2H3. The summed E-state index contributed by atoms with van der Waals surface area (Å²) >= 11 is 0. The number of methoxy groups -OCH3 is 1. The molecule has 0 aliphatic heterocycles. The number of non-ortho nitro benzene ring substituents is 1. The lowest BCUT2D eigenvalue weighted by Crippen LogP contribution is -2.28. The normalized spacial score (nSPS) is 22.6. The van der Waals surface area contributed by atoms with Gasteiger partial charge in [-0.1, -0.05) is 19.8 Å². The molecule has 0 bridgehead atoms. The van der Waals surface area contributed by atoms with Crippen molar-refractivity contribution in [3.05, 3.63) is 33.9 Å². The predicted molar refractivity (Wildman–Crippen MR) is 82.5 cm³/mol. The van der Waals surface area contributed by atoms with Gasteiger partial charge in [0, 0.05) is 18.7 Å². The molecular formula is C16H24N2O3. The van der Waals surface area contributed by atoms with Gasteiger partial charge >= 0.3 is 0 Å². The van der Waals surface area contributed by atoms with Crippen LogP contribution in [0.5, 0.6) is 5.75 Å². The van der Waals surface area contributed by atoms with Crippen molar-refractivity contribution < 1.29 is 9.66 Å². The summed E-state index contributed by atoms with van der Waals surface area (Å²) in [6.07, 6.45) is 6.21. The molecule has 21 heavy (non-hydrogen) atoms. The largest absolute Gasteiger partial charge is 0.496 e. The first-order valence-electron chi connectivity index (χ1n) is 7.64. The van der Waals surface area contributed by atoms with Crippen molar-refractivity contribution in [1.29, 1.82) is 0 Å². The van der Waals surface area contributed by atoms with E-state index in [4.69, 9.17) is 4.74 Å². The predicted octanol–water partition coefficient (Wildman–Crippen LogP) is 3.66. The second-order valence-electron chi connectivity index (χ2n) is 5.99. The van der Waals surface area contributed by atoms with Crippen LogP contribution < -0.4 is 10.1 Å². The summed E-state index contributed by atoms with van der Waals surface area (Å²) in [6.45, 7) is 2.96. The average molecular weight is 292 g/mol. The zero-order valence-electron chi connectivity index (χ0n) is 12.8. The Labute approximate surface area is 125 Å². The third kappa shape index (κ3) is 4.70. The maximum atomic E-state index is 10.9. The Balaban J connectivity index is 1.98. The molecule has 2 rings (SSSR count). The number of nitrogens with zero attached hydrogens (tertiary/aromatic N) is 1. The maximum absolute atomic E-state index is 10.9. The molecular weight excluding hydrogens is 268 g/mol. The molecule has 0 spiro atoms. The molecule has 2 atom stereocenters. The fourth-order valence-electron chi connectivity index (χ4n) is 2.92. The highest BCUT2D eigenvalue weighted by molar-refractivity contribution is 5.42. The summed E-state index contributed by atoms with van der Waals surface area (Å²) in [5.74, 6) is 1.35. The summed E-state index contributed by atoms with van der Waals surface area (Å²) < 4.78 is 5.14. The number of nitro groups is 1. The number of ether oxygens (including phenoxy) is 1. The Hall–Kier alpha value is -1.62. The van der Waals surface area contributed by atoms with Crippen LogP contribution in [0, 0.1) is 16.0 Å². The highest BCUT2D eigenvalue weighted by atomic mass is 16.6. The number of hydrogen-bond acceptors (Lipinski definition) is 4. The van der Waals surface area contributed by atoms with Gasteiger partial charge in [0.25, 0.3) is 5.69 Å². The van der Waals surface area contributed by atoms with Crippen LogP contribution in [0.2, 0.25) is 0 Å². The first-order chi connectivity index (χ1) is 10.1. The fraction of sp³-hybridized carbons (Fsp3) is 0.625. The Bertz CT molecular complexity index is 490. The van der Waals surface area contributed by atoms with Gasteiger partial charge in [-0.3, -0.25) is 10.1 Å². The monoisotopic (exact) mass is 292 g/mol. The van der Waals surface area contributed by atoms with E-state index in [1.807, 2.05) is 6.07 Å². The van der Waals surface area contributed by atoms with Crippen LogP contribution >= 0.6 is 0 Å². The molecule has 1 fully saturated rings. The summed E-state index contributed by atoms with van der Waals surface area (Å²) in [4.78, 5) is 10.6. The molecule has 5 heteroatoms. The number of nitrogens with one attached hydrogen (secondary N) is 1. The van der Waals surface area contributed by atoms with E-state index in [1.54, 1.807) is 6.07 Å². The third-order valence-corrected chi connectivity index (χ3v) is 4.25. The molecule has 0 amide bonds. The zero-order chi connectivity index (χ0) is 15.2. The number of benzene rings is 1. The highest BCUT2D eigenvalue weighted by Gasteiger charge is 2.16. The minimum Gasteiger partial charge on any atom is -0.496 e. The van der Waals surface area contributed by atoms with E-state index in [1.165, 1.54) is 45.3 Å². The van der Waals surface area contributed by atoms with Crippen LogP contribution in [0.4, 0.5) is 5.69 Å². The van der Waals surface area contributed by atoms with Crippen LogP contribution in [0.1, 0.15) is 44.6 Å². The molecule has 5 nitrogen and oxygen atoms in total. The second kappa shape index (κ2) is 7.41. The molecule has 0 radical (unpaired) electrons. The van der Waals surface area contributed by atoms with E-state index in [-0.39, 0.29) is 10.6 Å². The molecule has 2 unspecified atom stereocenters. The first-order valence-corrected chi connectivity index (χ1v) is 7.64. The van der Waals surface area contributed by atoms with Gasteiger partial charge in [-0.15, -0.1) is 0 Å². The molecule has 1 aromatic rings. The molecule has 0 saturated heterocycles. The number of nitro benzene ring substituents is 1. The van der Waals surface area contributed by atoms with Crippen molar-refractivity contribution in [2.45, 2.75) is 51.6 Å². The SMILES string of the molecule is COc1cc(CNC2CCCC(C)CC2)cc([N+](=O)[O-])c1. The second-order valence-corrected chi connectivity index (χ2v) is 5.99. The van der Waals surface area contributed by atoms with E-state index in [2.05, 4.69) is 12.2 Å². The summed E-state index contributed by atoms with van der Waals surface area (Å²) in [6, 6.07) is 5.45. The topological polar surface area (TPSA) is 64.4 Å². The van der Waals surface area contributed by atoms with Gasteiger partial charge in [0.05, 0.1) is 18.1 Å². The number of hydrogen-bond donors (Lipinski definition) is 1. The van der Waals surface area contributed by atoms with Crippen LogP contribution in [-0.4, -0.2) is 18.1 Å². The van der Waals surface area contributed by atoms with Crippen molar-refractivity contribution in [2.24, 2.45) is 5.92 Å². The smallest absolute Gasteiger partial charge is 0.273 e. The van der Waals surface area contributed by atoms with Gasteiger partial charge in [0.1, 0.15) is 5.75 Å². The van der Waals surface area contributed by atoms with Crippen molar-refractivity contribution in [3.63, 3.8) is 0 Å². The molecule has 116 valence electrons. The summed E-state index contributed by atoms with van der Waals surface area (Å²) in [5.41, 5.74) is 0.985. The van der Waals surface area contributed by atoms with Gasteiger partial charge in [-0.2, -0.15) is 0 Å². The number of rotatable bonds is 5. The van der Waals surface area contributed by atoms with Crippen LogP contribution in [0.3, 0.4) is 0 Å². The minimum absolute atomic E-state index is 0.0839. The zero-order valence-corrected chi connectivity index (χ0v) is 12.8. The first kappa shape index (κ1) is 15.8. The van der Waals surface area contributed by atoms with Gasteiger partial charge in [-0.25, -0.2) is 0 Å². The minimum atomic E-state index is -0.376. The van der Waals surface area contributed by atoms with Crippen molar-refractivity contribution in [2.75, 3.05) is 7.11 Å². The van der Waals surface area contributed by atoms with E-state index in [0.717, 1.165) is 11.5 Å². The van der Waals surface area contributed by atoms with Crippen LogP contribution in [0.25, 0.3) is 0 Å². The summed E-state index contributed by atoms with van der Waals surface area (Å²) in [7, 11) is 1.53. The molecule has 0 aromatic heterocycles. The van der Waals surface area contributed by atoms with Gasteiger partial charge < -0.3 is 10.1 Å². The van der Waals surface area contributed by atoms with Crippen LogP contribution in [-0.2, 0) is 6.54 Å². The fourth-order valence-corrected chi connectivity index (χ4v) is 2.92. The molecule has 1 N–H and O–H groups in total. The molecule has 1 aliphatic rings. The van der Waals surface area contributed by atoms with Crippen molar-refractivity contribution in [1.82, 2.24) is 5.32 Å². The lowest BCUT2D eigenvalue weighted by Gasteiger charge is -2.16. The Morgan fingerprint density at radius 3 is 2.81 bits per heavy atom. The lowest BCUT2D eigenvalue weighted by atomic mass is 10.0. The van der Waals surface area contributed by atoms with Gasteiger partial charge in [0.2, 0.25) is 0 Å².